The quantitative estimate of drug-likeness (QED) is 0.371. The molecule has 0 saturated heterocycles. The second-order valence-electron chi connectivity index (χ2n) is 6.74. The number of hydrogen-bond donors (Lipinski definition) is 0. The summed E-state index contributed by atoms with van der Waals surface area (Å²) in [5.41, 5.74) is 2.12. The highest BCUT2D eigenvalue weighted by Gasteiger charge is 2.38. The lowest BCUT2D eigenvalue weighted by Crippen LogP contribution is -2.23. The molecule has 1 aromatic carbocycles. The molecule has 26 heavy (non-hydrogen) atoms. The predicted octanol–water partition coefficient (Wildman–Crippen LogP) is 5.53. The van der Waals surface area contributed by atoms with Crippen LogP contribution in [0.1, 0.15) is 65.0 Å². The van der Waals surface area contributed by atoms with Crippen LogP contribution in [-0.4, -0.2) is 25.0 Å². The van der Waals surface area contributed by atoms with Gasteiger partial charge < -0.3 is 13.8 Å². The van der Waals surface area contributed by atoms with Crippen molar-refractivity contribution in [3.05, 3.63) is 35.4 Å². The van der Waals surface area contributed by atoms with Crippen molar-refractivity contribution < 1.29 is 23.1 Å². The first-order chi connectivity index (χ1) is 12.3. The molecule has 1 rings (SSSR count). The number of carbonyl (C=O) groups is 1. The number of ether oxygens (including phenoxy) is 1. The molecule has 2 atom stereocenters. The van der Waals surface area contributed by atoms with Crippen LogP contribution in [0, 0.1) is 5.92 Å². The second-order valence-corrected chi connectivity index (χ2v) is 8.91. The van der Waals surface area contributed by atoms with Crippen molar-refractivity contribution in [1.29, 1.82) is 0 Å². The summed E-state index contributed by atoms with van der Waals surface area (Å²) in [6, 6.07) is 7.99. The summed E-state index contributed by atoms with van der Waals surface area (Å²) < 4.78 is 29.0. The SMILES string of the molecule is CCOP(=O)(OCC)[C@H](CC)OC(=O)[C@@H](C)c1ccc(CC(C)C)cc1. The van der Waals surface area contributed by atoms with Gasteiger partial charge in [0, 0.05) is 0 Å². The zero-order valence-corrected chi connectivity index (χ0v) is 17.8. The molecular formula is C20H33O5P. The minimum atomic E-state index is -3.48. The van der Waals surface area contributed by atoms with Crippen molar-refractivity contribution in [1.82, 2.24) is 0 Å². The summed E-state index contributed by atoms with van der Waals surface area (Å²) in [5, 5.41) is 0. The molecule has 0 amide bonds. The monoisotopic (exact) mass is 384 g/mol. The largest absolute Gasteiger partial charge is 0.449 e. The number of esters is 1. The van der Waals surface area contributed by atoms with Gasteiger partial charge in [0.25, 0.3) is 0 Å². The average molecular weight is 384 g/mol. The summed E-state index contributed by atoms with van der Waals surface area (Å²) in [5.74, 6) is -1.18. The third-order valence-corrected chi connectivity index (χ3v) is 6.46. The standard InChI is InChI=1S/C20H33O5P/c1-7-19(26(22,23-8-2)24-9-3)25-20(21)16(6)18-12-10-17(11-13-18)14-15(4)5/h10-13,15-16,19H,7-9,14H2,1-6H3/t16-,19+/m0/s1. The van der Waals surface area contributed by atoms with Gasteiger partial charge in [0.1, 0.15) is 0 Å². The highest BCUT2D eigenvalue weighted by Crippen LogP contribution is 2.54. The summed E-state index contributed by atoms with van der Waals surface area (Å²) >= 11 is 0. The molecule has 0 unspecified atom stereocenters. The van der Waals surface area contributed by atoms with E-state index in [2.05, 4.69) is 13.8 Å². The van der Waals surface area contributed by atoms with Crippen LogP contribution >= 0.6 is 7.60 Å². The van der Waals surface area contributed by atoms with Crippen LogP contribution in [0.4, 0.5) is 0 Å². The predicted molar refractivity (Wildman–Crippen MR) is 104 cm³/mol. The highest BCUT2D eigenvalue weighted by molar-refractivity contribution is 7.54. The minimum Gasteiger partial charge on any atom is -0.449 e. The topological polar surface area (TPSA) is 61.8 Å². The summed E-state index contributed by atoms with van der Waals surface area (Å²) in [6.45, 7) is 11.9. The molecule has 0 aliphatic rings. The molecule has 1 aromatic rings. The molecule has 0 aliphatic carbocycles. The fourth-order valence-corrected chi connectivity index (χ4v) is 4.53. The van der Waals surface area contributed by atoms with E-state index in [9.17, 15) is 9.36 Å². The molecule has 0 aliphatic heterocycles. The van der Waals surface area contributed by atoms with E-state index >= 15 is 0 Å². The molecule has 5 nitrogen and oxygen atoms in total. The maximum absolute atomic E-state index is 12.9. The van der Waals surface area contributed by atoms with Crippen molar-refractivity contribution in [2.24, 2.45) is 5.92 Å². The second kappa shape index (κ2) is 10.9. The van der Waals surface area contributed by atoms with E-state index < -0.39 is 25.3 Å². The molecule has 0 heterocycles. The Hall–Kier alpha value is -1.16. The maximum atomic E-state index is 12.9. The average Bonchev–Trinajstić information content (AvgIpc) is 2.59. The van der Waals surface area contributed by atoms with Crippen LogP contribution in [0.25, 0.3) is 0 Å². The Morgan fingerprint density at radius 3 is 1.96 bits per heavy atom. The Morgan fingerprint density at radius 1 is 1.00 bits per heavy atom. The third kappa shape index (κ3) is 6.53. The van der Waals surface area contributed by atoms with Crippen molar-refractivity contribution in [2.75, 3.05) is 13.2 Å². The number of carbonyl (C=O) groups excluding carboxylic acids is 1. The zero-order valence-electron chi connectivity index (χ0n) is 16.9. The van der Waals surface area contributed by atoms with Gasteiger partial charge in [-0.15, -0.1) is 0 Å². The zero-order chi connectivity index (χ0) is 19.7. The van der Waals surface area contributed by atoms with Crippen molar-refractivity contribution in [2.45, 2.75) is 66.1 Å². The fraction of sp³-hybridized carbons (Fsp3) is 0.650. The Morgan fingerprint density at radius 2 is 1.54 bits per heavy atom. The Labute approximate surface area is 158 Å². The molecule has 0 radical (unpaired) electrons. The van der Waals surface area contributed by atoms with Gasteiger partial charge in [-0.2, -0.15) is 0 Å². The number of rotatable bonds is 11. The Bertz CT molecular complexity index is 587. The lowest BCUT2D eigenvalue weighted by Gasteiger charge is -2.26. The molecule has 0 bridgehead atoms. The summed E-state index contributed by atoms with van der Waals surface area (Å²) in [6.07, 6.45) is 1.37. The van der Waals surface area contributed by atoms with Gasteiger partial charge in [-0.25, -0.2) is 0 Å². The van der Waals surface area contributed by atoms with Crippen LogP contribution in [0.5, 0.6) is 0 Å². The van der Waals surface area contributed by atoms with E-state index in [0.717, 1.165) is 12.0 Å². The van der Waals surface area contributed by atoms with E-state index in [4.69, 9.17) is 13.8 Å². The Kier molecular flexibility index (Phi) is 9.56. The molecule has 6 heteroatoms. The number of hydrogen-bond acceptors (Lipinski definition) is 5. The first-order valence-electron chi connectivity index (χ1n) is 9.45. The lowest BCUT2D eigenvalue weighted by atomic mass is 9.97. The van der Waals surface area contributed by atoms with Gasteiger partial charge in [0.15, 0.2) is 0 Å². The van der Waals surface area contributed by atoms with Crippen LogP contribution in [0.15, 0.2) is 24.3 Å². The molecule has 0 spiro atoms. The number of benzene rings is 1. The van der Waals surface area contributed by atoms with Gasteiger partial charge in [-0.3, -0.25) is 9.36 Å². The van der Waals surface area contributed by atoms with Gasteiger partial charge in [-0.1, -0.05) is 45.0 Å². The Balaban J connectivity index is 2.84. The van der Waals surface area contributed by atoms with Crippen LogP contribution in [-0.2, 0) is 29.6 Å². The first-order valence-corrected chi connectivity index (χ1v) is 11.1. The minimum absolute atomic E-state index is 0.234. The van der Waals surface area contributed by atoms with Crippen LogP contribution < -0.4 is 0 Å². The smallest absolute Gasteiger partial charge is 0.370 e. The molecule has 0 N–H and O–H groups in total. The normalized spacial score (nSPS) is 14.3. The van der Waals surface area contributed by atoms with Gasteiger partial charge in [-0.05, 0) is 50.7 Å². The third-order valence-electron chi connectivity index (χ3n) is 4.05. The van der Waals surface area contributed by atoms with Crippen molar-refractivity contribution in [3.8, 4) is 0 Å². The van der Waals surface area contributed by atoms with Crippen LogP contribution in [0.2, 0.25) is 0 Å². The molecule has 0 aromatic heterocycles. The maximum Gasteiger partial charge on any atom is 0.370 e. The van der Waals surface area contributed by atoms with E-state index in [0.29, 0.717) is 12.3 Å². The van der Waals surface area contributed by atoms with E-state index in [1.54, 1.807) is 27.7 Å². The highest BCUT2D eigenvalue weighted by atomic mass is 31.2. The fourth-order valence-electron chi connectivity index (χ4n) is 2.72. The molecule has 0 saturated carbocycles. The van der Waals surface area contributed by atoms with Crippen molar-refractivity contribution in [3.63, 3.8) is 0 Å². The van der Waals surface area contributed by atoms with Gasteiger partial charge >= 0.3 is 13.6 Å². The molecule has 0 fully saturated rings. The van der Waals surface area contributed by atoms with E-state index in [1.165, 1.54) is 5.56 Å². The van der Waals surface area contributed by atoms with Crippen LogP contribution in [0.3, 0.4) is 0 Å². The molecule has 148 valence electrons. The van der Waals surface area contributed by atoms with E-state index in [-0.39, 0.29) is 13.2 Å². The summed E-state index contributed by atoms with van der Waals surface area (Å²) in [4.78, 5) is 12.6. The first kappa shape index (κ1) is 22.9. The van der Waals surface area contributed by atoms with Gasteiger partial charge in [0.2, 0.25) is 5.85 Å². The lowest BCUT2D eigenvalue weighted by molar-refractivity contribution is -0.148. The van der Waals surface area contributed by atoms with Gasteiger partial charge in [0.05, 0.1) is 19.1 Å². The van der Waals surface area contributed by atoms with Crippen molar-refractivity contribution >= 4 is 13.6 Å². The summed E-state index contributed by atoms with van der Waals surface area (Å²) in [7, 11) is -3.48. The van der Waals surface area contributed by atoms with E-state index in [1.807, 2.05) is 24.3 Å². The molecular weight excluding hydrogens is 351 g/mol.